The molecule has 0 aliphatic heterocycles. The SMILES string of the molecule is CC(=O)NCCNC(=O)c1cccn2cc(C)nc12. The summed E-state index contributed by atoms with van der Waals surface area (Å²) in [5.74, 6) is -0.304. The van der Waals surface area contributed by atoms with Crippen LogP contribution in [0.5, 0.6) is 0 Å². The maximum Gasteiger partial charge on any atom is 0.255 e. The molecular weight excluding hydrogens is 244 g/mol. The summed E-state index contributed by atoms with van der Waals surface area (Å²) in [6.45, 7) is 4.12. The third-order valence-electron chi connectivity index (χ3n) is 2.63. The molecule has 2 aromatic rings. The van der Waals surface area contributed by atoms with Crippen LogP contribution in [-0.2, 0) is 4.79 Å². The number of pyridine rings is 1. The molecule has 0 spiro atoms. The molecule has 0 aromatic carbocycles. The van der Waals surface area contributed by atoms with Gasteiger partial charge in [-0.15, -0.1) is 0 Å². The van der Waals surface area contributed by atoms with E-state index in [0.29, 0.717) is 24.3 Å². The fraction of sp³-hybridized carbons (Fsp3) is 0.308. The largest absolute Gasteiger partial charge is 0.355 e. The molecule has 2 N–H and O–H groups in total. The van der Waals surface area contributed by atoms with Crippen molar-refractivity contribution < 1.29 is 9.59 Å². The molecule has 0 bridgehead atoms. The predicted molar refractivity (Wildman–Crippen MR) is 70.9 cm³/mol. The van der Waals surface area contributed by atoms with Gasteiger partial charge in [-0.25, -0.2) is 4.98 Å². The van der Waals surface area contributed by atoms with Crippen LogP contribution in [0.4, 0.5) is 0 Å². The summed E-state index contributed by atoms with van der Waals surface area (Å²) < 4.78 is 1.82. The van der Waals surface area contributed by atoms with E-state index in [-0.39, 0.29) is 11.8 Å². The van der Waals surface area contributed by atoms with Crippen LogP contribution < -0.4 is 10.6 Å². The number of nitrogens with one attached hydrogen (secondary N) is 2. The van der Waals surface area contributed by atoms with Crippen molar-refractivity contribution in [2.24, 2.45) is 0 Å². The molecule has 0 fully saturated rings. The Morgan fingerprint density at radius 2 is 2.05 bits per heavy atom. The number of rotatable bonds is 4. The highest BCUT2D eigenvalue weighted by atomic mass is 16.2. The molecule has 2 rings (SSSR count). The number of aryl methyl sites for hydroxylation is 1. The standard InChI is InChI=1S/C13H16N4O2/c1-9-8-17-7-3-4-11(12(17)16-9)13(19)15-6-5-14-10(2)18/h3-4,7-8H,5-6H2,1-2H3,(H,14,18)(H,15,19). The topological polar surface area (TPSA) is 75.5 Å². The zero-order valence-electron chi connectivity index (χ0n) is 10.9. The smallest absolute Gasteiger partial charge is 0.255 e. The average Bonchev–Trinajstić information content (AvgIpc) is 2.73. The number of hydrogen-bond acceptors (Lipinski definition) is 3. The van der Waals surface area contributed by atoms with E-state index >= 15 is 0 Å². The molecule has 6 nitrogen and oxygen atoms in total. The summed E-state index contributed by atoms with van der Waals surface area (Å²) in [4.78, 5) is 27.1. The van der Waals surface area contributed by atoms with Crippen LogP contribution >= 0.6 is 0 Å². The van der Waals surface area contributed by atoms with Gasteiger partial charge in [0, 0.05) is 32.4 Å². The number of imidazole rings is 1. The van der Waals surface area contributed by atoms with Crippen LogP contribution in [0.25, 0.3) is 5.65 Å². The summed E-state index contributed by atoms with van der Waals surface area (Å²) in [7, 11) is 0. The first kappa shape index (κ1) is 13.1. The summed E-state index contributed by atoms with van der Waals surface area (Å²) in [5.41, 5.74) is 2.02. The van der Waals surface area contributed by atoms with Gasteiger partial charge in [0.1, 0.15) is 5.65 Å². The highest BCUT2D eigenvalue weighted by molar-refractivity contribution is 5.99. The Balaban J connectivity index is 2.07. The van der Waals surface area contributed by atoms with E-state index in [1.807, 2.05) is 23.7 Å². The molecule has 0 saturated heterocycles. The summed E-state index contributed by atoms with van der Waals surface area (Å²) in [6.07, 6.45) is 3.72. The van der Waals surface area contributed by atoms with Gasteiger partial charge in [0.05, 0.1) is 11.3 Å². The second-order valence-electron chi connectivity index (χ2n) is 4.27. The Hall–Kier alpha value is -2.37. The van der Waals surface area contributed by atoms with Crippen LogP contribution in [-0.4, -0.2) is 34.3 Å². The predicted octanol–water partition coefficient (Wildman–Crippen LogP) is 0.509. The van der Waals surface area contributed by atoms with Gasteiger partial charge in [-0.3, -0.25) is 9.59 Å². The van der Waals surface area contributed by atoms with Gasteiger partial charge in [-0.2, -0.15) is 0 Å². The van der Waals surface area contributed by atoms with Crippen LogP contribution in [0, 0.1) is 6.92 Å². The van der Waals surface area contributed by atoms with Gasteiger partial charge in [0.2, 0.25) is 5.91 Å². The fourth-order valence-corrected chi connectivity index (χ4v) is 1.82. The van der Waals surface area contributed by atoms with E-state index < -0.39 is 0 Å². The quantitative estimate of drug-likeness (QED) is 0.786. The lowest BCUT2D eigenvalue weighted by Gasteiger charge is -2.06. The Labute approximate surface area is 110 Å². The molecule has 0 radical (unpaired) electrons. The third kappa shape index (κ3) is 3.09. The van der Waals surface area contributed by atoms with E-state index in [4.69, 9.17) is 0 Å². The highest BCUT2D eigenvalue weighted by Gasteiger charge is 2.11. The maximum atomic E-state index is 12.0. The lowest BCUT2D eigenvalue weighted by molar-refractivity contribution is -0.118. The average molecular weight is 260 g/mol. The Bertz CT molecular complexity index is 618. The molecule has 2 aromatic heterocycles. The zero-order valence-corrected chi connectivity index (χ0v) is 10.9. The van der Waals surface area contributed by atoms with Gasteiger partial charge in [0.15, 0.2) is 0 Å². The molecular formula is C13H16N4O2. The van der Waals surface area contributed by atoms with Crippen molar-refractivity contribution in [1.29, 1.82) is 0 Å². The Kier molecular flexibility index (Phi) is 3.79. The van der Waals surface area contributed by atoms with Crippen LogP contribution in [0.3, 0.4) is 0 Å². The van der Waals surface area contributed by atoms with Crippen molar-refractivity contribution in [3.63, 3.8) is 0 Å². The van der Waals surface area contributed by atoms with E-state index in [1.165, 1.54) is 6.92 Å². The maximum absolute atomic E-state index is 12.0. The van der Waals surface area contributed by atoms with E-state index in [2.05, 4.69) is 15.6 Å². The first-order chi connectivity index (χ1) is 9.08. The van der Waals surface area contributed by atoms with Crippen molar-refractivity contribution in [3.05, 3.63) is 35.8 Å². The minimum atomic E-state index is -0.193. The molecule has 0 aliphatic carbocycles. The molecule has 19 heavy (non-hydrogen) atoms. The molecule has 100 valence electrons. The summed E-state index contributed by atoms with van der Waals surface area (Å²) in [6, 6.07) is 3.53. The monoisotopic (exact) mass is 260 g/mol. The van der Waals surface area contributed by atoms with Crippen LogP contribution in [0.1, 0.15) is 23.0 Å². The minimum Gasteiger partial charge on any atom is -0.355 e. The van der Waals surface area contributed by atoms with E-state index in [1.54, 1.807) is 12.1 Å². The van der Waals surface area contributed by atoms with Gasteiger partial charge < -0.3 is 15.0 Å². The molecule has 0 saturated carbocycles. The molecule has 0 atom stereocenters. The van der Waals surface area contributed by atoms with Crippen molar-refractivity contribution in [2.45, 2.75) is 13.8 Å². The Morgan fingerprint density at radius 3 is 2.79 bits per heavy atom. The number of amides is 2. The number of hydrogen-bond donors (Lipinski definition) is 2. The highest BCUT2D eigenvalue weighted by Crippen LogP contribution is 2.10. The molecule has 6 heteroatoms. The van der Waals surface area contributed by atoms with Gasteiger partial charge >= 0.3 is 0 Å². The molecule has 0 unspecified atom stereocenters. The minimum absolute atomic E-state index is 0.111. The number of aromatic nitrogens is 2. The third-order valence-corrected chi connectivity index (χ3v) is 2.63. The molecule has 2 heterocycles. The van der Waals surface area contributed by atoms with E-state index in [0.717, 1.165) is 5.69 Å². The van der Waals surface area contributed by atoms with Crippen LogP contribution in [0.15, 0.2) is 24.5 Å². The summed E-state index contributed by atoms with van der Waals surface area (Å²) >= 11 is 0. The van der Waals surface area contributed by atoms with Gasteiger partial charge in [-0.05, 0) is 19.1 Å². The van der Waals surface area contributed by atoms with Gasteiger partial charge in [-0.1, -0.05) is 0 Å². The van der Waals surface area contributed by atoms with Crippen molar-refractivity contribution in [3.8, 4) is 0 Å². The van der Waals surface area contributed by atoms with E-state index in [9.17, 15) is 9.59 Å². The molecule has 0 aliphatic rings. The number of fused-ring (bicyclic) bond motifs is 1. The van der Waals surface area contributed by atoms with Crippen molar-refractivity contribution in [2.75, 3.05) is 13.1 Å². The second kappa shape index (κ2) is 5.51. The Morgan fingerprint density at radius 1 is 1.32 bits per heavy atom. The lowest BCUT2D eigenvalue weighted by Crippen LogP contribution is -2.33. The summed E-state index contributed by atoms with van der Waals surface area (Å²) in [5, 5.41) is 5.37. The van der Waals surface area contributed by atoms with Crippen molar-refractivity contribution in [1.82, 2.24) is 20.0 Å². The normalized spacial score (nSPS) is 10.4. The first-order valence-corrected chi connectivity index (χ1v) is 6.05. The zero-order chi connectivity index (χ0) is 13.8. The second-order valence-corrected chi connectivity index (χ2v) is 4.27. The number of carbonyl (C=O) groups excluding carboxylic acids is 2. The number of carbonyl (C=O) groups is 2. The van der Waals surface area contributed by atoms with Crippen molar-refractivity contribution >= 4 is 17.5 Å². The van der Waals surface area contributed by atoms with Crippen LogP contribution in [0.2, 0.25) is 0 Å². The molecule has 2 amide bonds. The first-order valence-electron chi connectivity index (χ1n) is 6.05. The lowest BCUT2D eigenvalue weighted by atomic mass is 10.2. The fourth-order valence-electron chi connectivity index (χ4n) is 1.82. The van der Waals surface area contributed by atoms with Gasteiger partial charge in [0.25, 0.3) is 5.91 Å². The number of nitrogens with zero attached hydrogens (tertiary/aromatic N) is 2.